The first-order valence-electron chi connectivity index (χ1n) is 13.7. The van der Waals surface area contributed by atoms with Gasteiger partial charge in [-0.15, -0.1) is 0 Å². The summed E-state index contributed by atoms with van der Waals surface area (Å²) in [5.41, 5.74) is 11.0. The van der Waals surface area contributed by atoms with Crippen molar-refractivity contribution in [2.24, 2.45) is 0 Å². The molecule has 0 heterocycles. The minimum Gasteiger partial charge on any atom is -0.399 e. The number of nitrogens with one attached hydrogen (secondary N) is 2. The molecule has 0 unspecified atom stereocenters. The Labute approximate surface area is 221 Å². The molecule has 4 N–H and O–H groups in total. The molecule has 0 saturated carbocycles. The number of carbonyl (C=O) groups excluding carboxylic acids is 2. The number of nitrogen functional groups attached to an aromatic ring is 1. The summed E-state index contributed by atoms with van der Waals surface area (Å²) >= 11 is 0. The van der Waals surface area contributed by atoms with Crippen LogP contribution in [0.2, 0.25) is 0 Å². The smallest absolute Gasteiger partial charge is 0.255 e. The second kappa shape index (κ2) is 14.8. The van der Waals surface area contributed by atoms with Crippen LogP contribution in [0.3, 0.4) is 0 Å². The Morgan fingerprint density at radius 1 is 0.622 bits per heavy atom. The molecule has 0 radical (unpaired) electrons. The van der Waals surface area contributed by atoms with E-state index in [0.29, 0.717) is 16.8 Å². The molecule has 3 aromatic carbocycles. The number of carbonyl (C=O) groups is 2. The van der Waals surface area contributed by atoms with Crippen LogP contribution in [0.25, 0.3) is 0 Å². The fourth-order valence-electron chi connectivity index (χ4n) is 4.44. The Hall–Kier alpha value is -3.60. The maximum atomic E-state index is 13.0. The standard InChI is InChI=1S/C32H41N3O2/c1-3-5-7-9-13-24-15-11-17-29(19-24)34-31(36)26-21-27(23-28(33)22-26)32(37)35-30-18-12-16-25(20-30)14-10-8-6-4-2/h11-12,15-23H,3-10,13-14,33H2,1-2H3,(H,34,36)(H,35,37). The van der Waals surface area contributed by atoms with Gasteiger partial charge in [0.05, 0.1) is 0 Å². The molecule has 2 amide bonds. The van der Waals surface area contributed by atoms with E-state index in [-0.39, 0.29) is 11.8 Å². The summed E-state index contributed by atoms with van der Waals surface area (Å²) in [6.45, 7) is 4.41. The summed E-state index contributed by atoms with van der Waals surface area (Å²) in [5.74, 6) is -0.586. The number of hydrogen-bond acceptors (Lipinski definition) is 3. The van der Waals surface area contributed by atoms with Crippen molar-refractivity contribution in [2.75, 3.05) is 16.4 Å². The molecule has 0 aromatic heterocycles. The van der Waals surface area contributed by atoms with E-state index in [1.54, 1.807) is 18.2 Å². The first-order valence-corrected chi connectivity index (χ1v) is 13.7. The minimum atomic E-state index is -0.293. The van der Waals surface area contributed by atoms with Crippen molar-refractivity contribution >= 4 is 28.9 Å². The van der Waals surface area contributed by atoms with Crippen molar-refractivity contribution < 1.29 is 9.59 Å². The number of hydrogen-bond donors (Lipinski definition) is 3. The lowest BCUT2D eigenvalue weighted by Gasteiger charge is -2.11. The summed E-state index contributed by atoms with van der Waals surface area (Å²) in [4.78, 5) is 26.0. The highest BCUT2D eigenvalue weighted by molar-refractivity contribution is 6.09. The van der Waals surface area contributed by atoms with Crippen molar-refractivity contribution in [1.82, 2.24) is 0 Å². The molecule has 37 heavy (non-hydrogen) atoms. The zero-order valence-corrected chi connectivity index (χ0v) is 22.3. The van der Waals surface area contributed by atoms with E-state index in [9.17, 15) is 9.59 Å². The van der Waals surface area contributed by atoms with Crippen molar-refractivity contribution in [3.63, 3.8) is 0 Å². The molecule has 0 atom stereocenters. The van der Waals surface area contributed by atoms with E-state index in [0.717, 1.165) is 37.1 Å². The highest BCUT2D eigenvalue weighted by Crippen LogP contribution is 2.19. The van der Waals surface area contributed by atoms with Crippen LogP contribution in [0.15, 0.2) is 66.7 Å². The van der Waals surface area contributed by atoms with Gasteiger partial charge >= 0.3 is 0 Å². The quantitative estimate of drug-likeness (QED) is 0.155. The Morgan fingerprint density at radius 3 is 1.51 bits per heavy atom. The van der Waals surface area contributed by atoms with Crippen LogP contribution >= 0.6 is 0 Å². The van der Waals surface area contributed by atoms with E-state index in [1.807, 2.05) is 36.4 Å². The third-order valence-electron chi connectivity index (χ3n) is 6.49. The Kier molecular flexibility index (Phi) is 11.2. The van der Waals surface area contributed by atoms with Gasteiger partial charge < -0.3 is 16.4 Å². The van der Waals surface area contributed by atoms with Crippen molar-refractivity contribution in [3.05, 3.63) is 89.0 Å². The SMILES string of the molecule is CCCCCCc1cccc(NC(=O)c2cc(N)cc(C(=O)Nc3cccc(CCCCCC)c3)c2)c1. The van der Waals surface area contributed by atoms with Gasteiger partial charge in [-0.3, -0.25) is 9.59 Å². The largest absolute Gasteiger partial charge is 0.399 e. The van der Waals surface area contributed by atoms with E-state index in [2.05, 4.69) is 36.6 Å². The van der Waals surface area contributed by atoms with Crippen molar-refractivity contribution in [3.8, 4) is 0 Å². The summed E-state index contributed by atoms with van der Waals surface area (Å²) in [6.07, 6.45) is 11.6. The molecule has 0 aliphatic rings. The lowest BCUT2D eigenvalue weighted by atomic mass is 10.0. The summed E-state index contributed by atoms with van der Waals surface area (Å²) in [5, 5.41) is 5.91. The molecule has 0 aliphatic carbocycles. The molecule has 3 rings (SSSR count). The van der Waals surface area contributed by atoms with E-state index < -0.39 is 0 Å². The van der Waals surface area contributed by atoms with Gasteiger partial charge in [0.1, 0.15) is 0 Å². The number of unbranched alkanes of at least 4 members (excludes halogenated alkanes) is 6. The number of amides is 2. The van der Waals surface area contributed by atoms with Gasteiger partial charge in [0.25, 0.3) is 11.8 Å². The van der Waals surface area contributed by atoms with Crippen LogP contribution in [0, 0.1) is 0 Å². The van der Waals surface area contributed by atoms with Gasteiger partial charge in [0.15, 0.2) is 0 Å². The molecule has 0 spiro atoms. The molecule has 0 bridgehead atoms. The zero-order chi connectivity index (χ0) is 26.5. The lowest BCUT2D eigenvalue weighted by Crippen LogP contribution is -2.16. The fraction of sp³-hybridized carbons (Fsp3) is 0.375. The van der Waals surface area contributed by atoms with Crippen LogP contribution in [0.5, 0.6) is 0 Å². The Morgan fingerprint density at radius 2 is 1.08 bits per heavy atom. The molecular formula is C32H41N3O2. The van der Waals surface area contributed by atoms with Gasteiger partial charge in [-0.05, 0) is 79.3 Å². The number of benzene rings is 3. The van der Waals surface area contributed by atoms with Crippen molar-refractivity contribution in [1.29, 1.82) is 0 Å². The summed E-state index contributed by atoms with van der Waals surface area (Å²) in [7, 11) is 0. The third kappa shape index (κ3) is 9.41. The first-order chi connectivity index (χ1) is 18.0. The van der Waals surface area contributed by atoms with Gasteiger partial charge in [-0.1, -0.05) is 76.6 Å². The van der Waals surface area contributed by atoms with Gasteiger partial charge in [-0.2, -0.15) is 0 Å². The van der Waals surface area contributed by atoms with Gasteiger partial charge in [0.2, 0.25) is 0 Å². The van der Waals surface area contributed by atoms with Crippen LogP contribution in [-0.2, 0) is 12.8 Å². The van der Waals surface area contributed by atoms with Gasteiger partial charge in [-0.25, -0.2) is 0 Å². The van der Waals surface area contributed by atoms with Gasteiger partial charge in [0, 0.05) is 28.2 Å². The molecule has 5 nitrogen and oxygen atoms in total. The van der Waals surface area contributed by atoms with E-state index in [1.165, 1.54) is 49.7 Å². The topological polar surface area (TPSA) is 84.2 Å². The monoisotopic (exact) mass is 499 g/mol. The van der Waals surface area contributed by atoms with Crippen LogP contribution in [0.1, 0.15) is 97.1 Å². The first kappa shape index (κ1) is 28.0. The molecule has 3 aromatic rings. The number of anilines is 3. The number of rotatable bonds is 14. The average molecular weight is 500 g/mol. The maximum Gasteiger partial charge on any atom is 0.255 e. The Bertz CT molecular complexity index is 1080. The van der Waals surface area contributed by atoms with E-state index >= 15 is 0 Å². The number of nitrogens with two attached hydrogens (primary N) is 1. The highest BCUT2D eigenvalue weighted by Gasteiger charge is 2.14. The second-order valence-corrected chi connectivity index (χ2v) is 9.77. The predicted octanol–water partition coefficient (Wildman–Crippen LogP) is 8.02. The second-order valence-electron chi connectivity index (χ2n) is 9.77. The van der Waals surface area contributed by atoms with Crippen LogP contribution < -0.4 is 16.4 Å². The molecular weight excluding hydrogens is 458 g/mol. The summed E-state index contributed by atoms with van der Waals surface area (Å²) < 4.78 is 0. The predicted molar refractivity (Wildman–Crippen MR) is 155 cm³/mol. The normalized spacial score (nSPS) is 10.8. The highest BCUT2D eigenvalue weighted by atomic mass is 16.2. The minimum absolute atomic E-state index is 0.293. The number of aryl methyl sites for hydroxylation is 2. The van der Waals surface area contributed by atoms with Crippen LogP contribution in [-0.4, -0.2) is 11.8 Å². The summed E-state index contributed by atoms with van der Waals surface area (Å²) in [6, 6.07) is 20.7. The molecule has 196 valence electrons. The van der Waals surface area contributed by atoms with E-state index in [4.69, 9.17) is 5.73 Å². The average Bonchev–Trinajstić information content (AvgIpc) is 2.89. The maximum absolute atomic E-state index is 13.0. The molecule has 0 fully saturated rings. The fourth-order valence-corrected chi connectivity index (χ4v) is 4.44. The Balaban J connectivity index is 1.64. The van der Waals surface area contributed by atoms with Crippen molar-refractivity contribution in [2.45, 2.75) is 78.1 Å². The zero-order valence-electron chi connectivity index (χ0n) is 22.3. The molecule has 5 heteroatoms. The molecule has 0 saturated heterocycles. The van der Waals surface area contributed by atoms with Crippen LogP contribution in [0.4, 0.5) is 17.1 Å². The molecule has 0 aliphatic heterocycles. The lowest BCUT2D eigenvalue weighted by molar-refractivity contribution is 0.102. The third-order valence-corrected chi connectivity index (χ3v) is 6.49.